The molecular formula is C21H24BF4N3O4. The first-order valence-corrected chi connectivity index (χ1v) is 10.1. The number of primary amides is 1. The van der Waals surface area contributed by atoms with Crippen LogP contribution in [-0.4, -0.2) is 46.5 Å². The molecule has 6 N–H and O–H groups in total. The van der Waals surface area contributed by atoms with Crippen LogP contribution >= 0.6 is 0 Å². The largest absolute Gasteiger partial charge is 0.489 e. The molecule has 0 fully saturated rings. The van der Waals surface area contributed by atoms with E-state index in [4.69, 9.17) is 11.5 Å². The molecule has 0 unspecified atom stereocenters. The lowest BCUT2D eigenvalue weighted by Crippen LogP contribution is -2.37. The quantitative estimate of drug-likeness (QED) is 0.236. The number of rotatable bonds is 10. The molecule has 0 heterocycles. The zero-order valence-corrected chi connectivity index (χ0v) is 17.6. The van der Waals surface area contributed by atoms with Crippen molar-refractivity contribution < 1.29 is 37.2 Å². The first-order valence-electron chi connectivity index (χ1n) is 10.1. The minimum absolute atomic E-state index is 0.107. The molecule has 2 aromatic rings. The maximum Gasteiger partial charge on any atom is 0.489 e. The number of halogens is 4. The summed E-state index contributed by atoms with van der Waals surface area (Å²) in [5.41, 5.74) is 9.01. The molecule has 0 spiro atoms. The molecule has 12 heteroatoms. The summed E-state index contributed by atoms with van der Waals surface area (Å²) < 4.78 is 53.4. The van der Waals surface area contributed by atoms with Crippen LogP contribution in [0.15, 0.2) is 42.5 Å². The van der Waals surface area contributed by atoms with Crippen molar-refractivity contribution in [1.29, 1.82) is 0 Å². The zero-order chi connectivity index (χ0) is 24.8. The molecule has 0 radical (unpaired) electrons. The molecule has 0 saturated carbocycles. The van der Waals surface area contributed by atoms with E-state index in [1.807, 2.05) is 0 Å². The zero-order valence-electron chi connectivity index (χ0n) is 17.6. The van der Waals surface area contributed by atoms with Crippen molar-refractivity contribution in [2.45, 2.75) is 38.0 Å². The predicted molar refractivity (Wildman–Crippen MR) is 113 cm³/mol. The lowest BCUT2D eigenvalue weighted by atomic mass is 9.76. The Balaban J connectivity index is 2.26. The fourth-order valence-corrected chi connectivity index (χ4v) is 3.23. The van der Waals surface area contributed by atoms with Crippen LogP contribution in [0.2, 0.25) is 0 Å². The van der Waals surface area contributed by atoms with Crippen LogP contribution in [0, 0.1) is 5.82 Å². The second-order valence-electron chi connectivity index (χ2n) is 7.53. The van der Waals surface area contributed by atoms with Crippen LogP contribution in [-0.2, 0) is 17.5 Å². The number of carbonyl (C=O) groups is 2. The van der Waals surface area contributed by atoms with Gasteiger partial charge in [-0.2, -0.15) is 13.2 Å². The highest BCUT2D eigenvalue weighted by Crippen LogP contribution is 2.29. The Hall–Kier alpha value is -2.96. The summed E-state index contributed by atoms with van der Waals surface area (Å²) in [6, 6.07) is 6.82. The van der Waals surface area contributed by atoms with Gasteiger partial charge in [0.1, 0.15) is 5.82 Å². The van der Waals surface area contributed by atoms with Crippen LogP contribution in [0.5, 0.6) is 0 Å². The second kappa shape index (κ2) is 11.3. The molecule has 0 bridgehead atoms. The SMILES string of the molecule is NC(=O)[C@@H](N)CCCCN(Cc1ccc(B(O)O)c(C(F)(F)F)c1)C(=O)c1ccc(F)cc1. The number of benzene rings is 2. The maximum atomic E-state index is 13.4. The first kappa shape index (κ1) is 26.3. The van der Waals surface area contributed by atoms with Gasteiger partial charge >= 0.3 is 13.3 Å². The van der Waals surface area contributed by atoms with Crippen LogP contribution in [0.4, 0.5) is 17.6 Å². The van der Waals surface area contributed by atoms with Crippen molar-refractivity contribution in [3.05, 3.63) is 65.0 Å². The molecular weight excluding hydrogens is 445 g/mol. The second-order valence-corrected chi connectivity index (χ2v) is 7.53. The minimum atomic E-state index is -4.84. The van der Waals surface area contributed by atoms with Gasteiger partial charge in [-0.15, -0.1) is 0 Å². The third-order valence-electron chi connectivity index (χ3n) is 5.01. The highest BCUT2D eigenvalue weighted by molar-refractivity contribution is 6.59. The van der Waals surface area contributed by atoms with Crippen molar-refractivity contribution in [2.24, 2.45) is 11.5 Å². The summed E-state index contributed by atoms with van der Waals surface area (Å²) >= 11 is 0. The molecule has 2 amide bonds. The standard InChI is InChI=1S/C21H24BF4N3O4/c23-15-7-5-14(6-8-15)20(31)29(10-2-1-3-18(27)19(28)30)12-13-4-9-17(22(32)33)16(11-13)21(24,25)26/h4-9,11,18,32-33H,1-3,10,12,27H2,(H2,28,30)/t18-/m0/s1. The molecule has 1 atom stereocenters. The van der Waals surface area contributed by atoms with Gasteiger partial charge in [0.15, 0.2) is 0 Å². The summed E-state index contributed by atoms with van der Waals surface area (Å²) in [5.74, 6) is -1.75. The van der Waals surface area contributed by atoms with E-state index < -0.39 is 48.0 Å². The monoisotopic (exact) mass is 469 g/mol. The molecule has 0 aliphatic carbocycles. The molecule has 7 nitrogen and oxygen atoms in total. The van der Waals surface area contributed by atoms with Crippen molar-refractivity contribution in [1.82, 2.24) is 4.90 Å². The lowest BCUT2D eigenvalue weighted by Gasteiger charge is -2.24. The van der Waals surface area contributed by atoms with Gasteiger partial charge in [0.25, 0.3) is 5.91 Å². The van der Waals surface area contributed by atoms with Gasteiger partial charge in [0.2, 0.25) is 5.91 Å². The molecule has 0 saturated heterocycles. The Kier molecular flexibility index (Phi) is 8.97. The molecule has 0 aromatic heterocycles. The highest BCUT2D eigenvalue weighted by atomic mass is 19.4. The van der Waals surface area contributed by atoms with E-state index in [9.17, 15) is 37.2 Å². The van der Waals surface area contributed by atoms with Crippen LogP contribution < -0.4 is 16.9 Å². The van der Waals surface area contributed by atoms with Crippen LogP contribution in [0.3, 0.4) is 0 Å². The number of nitrogens with two attached hydrogens (primary N) is 2. The van der Waals surface area contributed by atoms with E-state index in [0.717, 1.165) is 24.3 Å². The van der Waals surface area contributed by atoms with E-state index in [-0.39, 0.29) is 30.6 Å². The predicted octanol–water partition coefficient (Wildman–Crippen LogP) is 1.15. The number of nitrogens with zero attached hydrogens (tertiary/aromatic N) is 1. The maximum absolute atomic E-state index is 13.4. The summed E-state index contributed by atoms with van der Waals surface area (Å²) in [7, 11) is -2.32. The van der Waals surface area contributed by atoms with E-state index >= 15 is 0 Å². The Bertz CT molecular complexity index is 971. The number of carbonyl (C=O) groups excluding carboxylic acids is 2. The number of hydrogen-bond donors (Lipinski definition) is 4. The molecule has 2 aromatic carbocycles. The van der Waals surface area contributed by atoms with Crippen molar-refractivity contribution in [3.63, 3.8) is 0 Å². The fourth-order valence-electron chi connectivity index (χ4n) is 3.23. The van der Waals surface area contributed by atoms with Gasteiger partial charge in [-0.25, -0.2) is 4.39 Å². The molecule has 2 rings (SSSR count). The molecule has 0 aliphatic heterocycles. The third-order valence-corrected chi connectivity index (χ3v) is 5.01. The summed E-state index contributed by atoms with van der Waals surface area (Å²) in [6.07, 6.45) is -3.75. The molecule has 0 aliphatic rings. The Morgan fingerprint density at radius 1 is 1.06 bits per heavy atom. The number of unbranched alkanes of at least 4 members (excludes halogenated alkanes) is 1. The van der Waals surface area contributed by atoms with E-state index in [1.54, 1.807) is 0 Å². The van der Waals surface area contributed by atoms with E-state index in [1.165, 1.54) is 23.1 Å². The van der Waals surface area contributed by atoms with Crippen molar-refractivity contribution in [2.75, 3.05) is 6.54 Å². The number of hydrogen-bond acceptors (Lipinski definition) is 5. The lowest BCUT2D eigenvalue weighted by molar-refractivity contribution is -0.137. The van der Waals surface area contributed by atoms with Crippen LogP contribution in [0.25, 0.3) is 0 Å². The van der Waals surface area contributed by atoms with Gasteiger partial charge < -0.3 is 26.4 Å². The Morgan fingerprint density at radius 2 is 1.70 bits per heavy atom. The Labute approximate surface area is 188 Å². The summed E-state index contributed by atoms with van der Waals surface area (Å²) in [4.78, 5) is 25.3. The van der Waals surface area contributed by atoms with E-state index in [0.29, 0.717) is 12.8 Å². The minimum Gasteiger partial charge on any atom is -0.423 e. The third kappa shape index (κ3) is 7.55. The van der Waals surface area contributed by atoms with Crippen molar-refractivity contribution >= 4 is 24.4 Å². The van der Waals surface area contributed by atoms with Gasteiger partial charge in [0, 0.05) is 18.7 Å². The molecule has 178 valence electrons. The van der Waals surface area contributed by atoms with Gasteiger partial charge in [0.05, 0.1) is 11.6 Å². The number of amides is 2. The van der Waals surface area contributed by atoms with Crippen molar-refractivity contribution in [3.8, 4) is 0 Å². The van der Waals surface area contributed by atoms with E-state index in [2.05, 4.69) is 0 Å². The highest BCUT2D eigenvalue weighted by Gasteiger charge is 2.36. The first-order chi connectivity index (χ1) is 15.4. The normalized spacial score (nSPS) is 12.3. The topological polar surface area (TPSA) is 130 Å². The average molecular weight is 469 g/mol. The Morgan fingerprint density at radius 3 is 2.24 bits per heavy atom. The smallest absolute Gasteiger partial charge is 0.423 e. The van der Waals surface area contributed by atoms with Gasteiger partial charge in [-0.3, -0.25) is 9.59 Å². The average Bonchev–Trinajstić information content (AvgIpc) is 2.74. The number of alkyl halides is 3. The van der Waals surface area contributed by atoms with Gasteiger partial charge in [-0.1, -0.05) is 12.1 Å². The summed E-state index contributed by atoms with van der Waals surface area (Å²) in [5, 5.41) is 18.5. The molecule has 33 heavy (non-hydrogen) atoms. The summed E-state index contributed by atoms with van der Waals surface area (Å²) in [6.45, 7) is -0.101. The van der Waals surface area contributed by atoms with Crippen LogP contribution in [0.1, 0.15) is 40.7 Å². The van der Waals surface area contributed by atoms with Gasteiger partial charge in [-0.05, 0) is 60.6 Å². The fraction of sp³-hybridized carbons (Fsp3) is 0.333.